The maximum absolute atomic E-state index is 13.1. The van der Waals surface area contributed by atoms with Crippen LogP contribution in [0.15, 0.2) is 55.0 Å². The second kappa shape index (κ2) is 12.5. The van der Waals surface area contributed by atoms with E-state index in [4.69, 9.17) is 14.7 Å². The number of fused-ring (bicyclic) bond motifs is 2. The van der Waals surface area contributed by atoms with Gasteiger partial charge in [-0.25, -0.2) is 4.98 Å². The maximum atomic E-state index is 13.1. The molecule has 4 amide bonds. The van der Waals surface area contributed by atoms with Gasteiger partial charge in [-0.05, 0) is 68.4 Å². The predicted octanol–water partition coefficient (Wildman–Crippen LogP) is 3.57. The molecule has 246 valence electrons. The molecule has 13 heteroatoms. The fourth-order valence-corrected chi connectivity index (χ4v) is 7.25. The number of para-hydroxylation sites is 1. The summed E-state index contributed by atoms with van der Waals surface area (Å²) in [4.78, 5) is 62.9. The lowest BCUT2D eigenvalue weighted by atomic mass is 9.77. The molecule has 2 N–H and O–H groups in total. The summed E-state index contributed by atoms with van der Waals surface area (Å²) in [6.07, 6.45) is 10.2. The summed E-state index contributed by atoms with van der Waals surface area (Å²) in [5.74, 6) is -1.38. The smallest absolute Gasteiger partial charge is 0.262 e. The third-order valence-electron chi connectivity index (χ3n) is 9.94. The Labute approximate surface area is 276 Å². The normalized spacial score (nSPS) is 22.5. The number of hydrogen-bond donors (Lipinski definition) is 2. The molecule has 1 unspecified atom stereocenters. The van der Waals surface area contributed by atoms with E-state index in [0.29, 0.717) is 12.0 Å². The van der Waals surface area contributed by atoms with Crippen molar-refractivity contribution in [1.29, 1.82) is 0 Å². The Morgan fingerprint density at radius 1 is 0.979 bits per heavy atom. The first-order chi connectivity index (χ1) is 23.4. The second-order valence-electron chi connectivity index (χ2n) is 13.0. The van der Waals surface area contributed by atoms with Crippen molar-refractivity contribution in [2.24, 2.45) is 5.92 Å². The van der Waals surface area contributed by atoms with Crippen LogP contribution in [0.4, 0.5) is 11.4 Å². The van der Waals surface area contributed by atoms with Crippen molar-refractivity contribution >= 4 is 46.0 Å². The highest BCUT2D eigenvalue weighted by Gasteiger charge is 2.44. The van der Waals surface area contributed by atoms with Crippen LogP contribution in [0.3, 0.4) is 0 Å². The first kappa shape index (κ1) is 30.2. The third kappa shape index (κ3) is 5.57. The molecule has 1 atom stereocenters. The number of carbonyl (C=O) groups excluding carboxylic acids is 4. The minimum absolute atomic E-state index is 0.0961. The first-order valence-electron chi connectivity index (χ1n) is 16.7. The molecule has 13 nitrogen and oxygen atoms in total. The lowest BCUT2D eigenvalue weighted by Crippen LogP contribution is -2.54. The minimum atomic E-state index is -0.965. The number of rotatable bonds is 9. The maximum Gasteiger partial charge on any atom is 0.262 e. The Hall–Kier alpha value is -5.17. The number of amides is 4. The number of nitrogens with zero attached hydrogens (tertiary/aromatic N) is 6. The van der Waals surface area contributed by atoms with E-state index in [2.05, 4.69) is 37.6 Å². The molecule has 4 aliphatic rings. The second-order valence-corrected chi connectivity index (χ2v) is 13.0. The molecule has 48 heavy (non-hydrogen) atoms. The zero-order valence-corrected chi connectivity index (χ0v) is 26.4. The topological polar surface area (TPSA) is 152 Å². The predicted molar refractivity (Wildman–Crippen MR) is 176 cm³/mol. The summed E-state index contributed by atoms with van der Waals surface area (Å²) in [7, 11) is 0. The molecule has 3 fully saturated rings. The Kier molecular flexibility index (Phi) is 7.83. The Morgan fingerprint density at radius 3 is 2.65 bits per heavy atom. The standard InChI is InChI=1S/C35H36N8O5/c44-31-9-8-30(33(45)40-31)43-34(46)25-7-6-23(17-26(25)35(43)47)36-10-2-3-21-15-24(16-21)42-20-22(18-38-42)28-19-37-32-27(39-28)4-1-5-29(32)41-11-13-48-14-12-41/h1,4-7,17-21,24,30,36H,2-3,8-16H2,(H,40,44,45). The van der Waals surface area contributed by atoms with Gasteiger partial charge in [0.1, 0.15) is 11.6 Å². The van der Waals surface area contributed by atoms with E-state index < -0.39 is 29.7 Å². The summed E-state index contributed by atoms with van der Waals surface area (Å²) >= 11 is 0. The molecule has 0 spiro atoms. The summed E-state index contributed by atoms with van der Waals surface area (Å²) in [6.45, 7) is 3.88. The highest BCUT2D eigenvalue weighted by Crippen LogP contribution is 2.40. The van der Waals surface area contributed by atoms with Gasteiger partial charge < -0.3 is 15.0 Å². The van der Waals surface area contributed by atoms with Crippen LogP contribution >= 0.6 is 0 Å². The van der Waals surface area contributed by atoms with E-state index in [1.165, 1.54) is 0 Å². The van der Waals surface area contributed by atoms with Gasteiger partial charge in [0.25, 0.3) is 11.8 Å². The molecular formula is C35H36N8O5. The van der Waals surface area contributed by atoms with Crippen molar-refractivity contribution in [3.05, 3.63) is 66.1 Å². The highest BCUT2D eigenvalue weighted by molar-refractivity contribution is 6.23. The van der Waals surface area contributed by atoms with Crippen molar-refractivity contribution in [3.8, 4) is 11.3 Å². The summed E-state index contributed by atoms with van der Waals surface area (Å²) in [5.41, 5.74) is 5.97. The Balaban J connectivity index is 0.820. The van der Waals surface area contributed by atoms with Crippen LogP contribution in [0, 0.1) is 5.92 Å². The van der Waals surface area contributed by atoms with Crippen LogP contribution in [0.25, 0.3) is 22.3 Å². The van der Waals surface area contributed by atoms with Gasteiger partial charge in [0.2, 0.25) is 11.8 Å². The third-order valence-corrected chi connectivity index (χ3v) is 9.94. The van der Waals surface area contributed by atoms with Gasteiger partial charge in [0, 0.05) is 43.5 Å². The molecule has 5 heterocycles. The molecular weight excluding hydrogens is 612 g/mol. The van der Waals surface area contributed by atoms with E-state index in [1.54, 1.807) is 18.2 Å². The van der Waals surface area contributed by atoms with Gasteiger partial charge in [-0.2, -0.15) is 5.10 Å². The monoisotopic (exact) mass is 648 g/mol. The molecule has 0 radical (unpaired) electrons. The molecule has 1 saturated carbocycles. The molecule has 2 aromatic carbocycles. The van der Waals surface area contributed by atoms with Crippen LogP contribution < -0.4 is 15.5 Å². The molecule has 4 aromatic rings. The van der Waals surface area contributed by atoms with Gasteiger partial charge >= 0.3 is 0 Å². The number of anilines is 2. The van der Waals surface area contributed by atoms with Crippen molar-refractivity contribution in [2.45, 2.75) is 50.6 Å². The van der Waals surface area contributed by atoms with Crippen LogP contribution in [-0.4, -0.2) is 87.2 Å². The van der Waals surface area contributed by atoms with E-state index >= 15 is 0 Å². The van der Waals surface area contributed by atoms with Gasteiger partial charge in [-0.15, -0.1) is 0 Å². The summed E-state index contributed by atoms with van der Waals surface area (Å²) in [6, 6.07) is 10.6. The number of imide groups is 2. The van der Waals surface area contributed by atoms with Gasteiger partial charge in [0.15, 0.2) is 0 Å². The SMILES string of the molecule is O=C1CCC(N2C(=O)c3ccc(NCCCC4CC(n5cc(-c6cnc7c(N8CCOCC8)cccc7n6)cn5)C4)cc3C2=O)C(=O)N1. The number of aromatic nitrogens is 4. The fourth-order valence-electron chi connectivity index (χ4n) is 7.25. The number of carbonyl (C=O) groups is 4. The summed E-state index contributed by atoms with van der Waals surface area (Å²) < 4.78 is 7.57. The molecule has 2 aromatic heterocycles. The van der Waals surface area contributed by atoms with Gasteiger partial charge in [0.05, 0.1) is 59.7 Å². The van der Waals surface area contributed by atoms with E-state index in [1.807, 2.05) is 24.5 Å². The minimum Gasteiger partial charge on any atom is -0.385 e. The lowest BCUT2D eigenvalue weighted by molar-refractivity contribution is -0.136. The van der Waals surface area contributed by atoms with Crippen molar-refractivity contribution in [3.63, 3.8) is 0 Å². The summed E-state index contributed by atoms with van der Waals surface area (Å²) in [5, 5.41) is 10.3. The lowest BCUT2D eigenvalue weighted by Gasteiger charge is -2.35. The van der Waals surface area contributed by atoms with E-state index in [-0.39, 0.29) is 24.0 Å². The van der Waals surface area contributed by atoms with E-state index in [9.17, 15) is 19.2 Å². The van der Waals surface area contributed by atoms with Crippen LogP contribution in [0.2, 0.25) is 0 Å². The average molecular weight is 649 g/mol. The number of benzene rings is 2. The molecule has 2 saturated heterocycles. The Morgan fingerprint density at radius 2 is 1.81 bits per heavy atom. The van der Waals surface area contributed by atoms with Crippen molar-refractivity contribution < 1.29 is 23.9 Å². The Bertz CT molecular complexity index is 1930. The zero-order valence-electron chi connectivity index (χ0n) is 26.4. The number of hydrogen-bond acceptors (Lipinski definition) is 10. The molecule has 3 aliphatic heterocycles. The molecule has 1 aliphatic carbocycles. The zero-order chi connectivity index (χ0) is 32.8. The fraction of sp³-hybridized carbons (Fsp3) is 0.400. The largest absolute Gasteiger partial charge is 0.385 e. The van der Waals surface area contributed by atoms with Gasteiger partial charge in [-0.1, -0.05) is 6.07 Å². The van der Waals surface area contributed by atoms with Crippen LogP contribution in [0.5, 0.6) is 0 Å². The van der Waals surface area contributed by atoms with Crippen LogP contribution in [0.1, 0.15) is 65.3 Å². The number of nitrogens with one attached hydrogen (secondary N) is 2. The van der Waals surface area contributed by atoms with Crippen molar-refractivity contribution in [1.82, 2.24) is 30.0 Å². The quantitative estimate of drug-likeness (QED) is 0.204. The number of piperidine rings is 1. The van der Waals surface area contributed by atoms with Crippen LogP contribution in [-0.2, 0) is 14.3 Å². The highest BCUT2D eigenvalue weighted by atomic mass is 16.5. The van der Waals surface area contributed by atoms with Gasteiger partial charge in [-0.3, -0.25) is 39.1 Å². The number of morpholine rings is 1. The first-order valence-corrected chi connectivity index (χ1v) is 16.7. The molecule has 8 rings (SSSR count). The number of ether oxygens (including phenoxy) is 1. The van der Waals surface area contributed by atoms with E-state index in [0.717, 1.165) is 97.1 Å². The molecule has 0 bridgehead atoms. The van der Waals surface area contributed by atoms with Crippen molar-refractivity contribution in [2.75, 3.05) is 43.1 Å². The average Bonchev–Trinajstić information content (AvgIpc) is 3.66.